The zero-order valence-electron chi connectivity index (χ0n) is 9.71. The maximum atomic E-state index is 13.1. The highest BCUT2D eigenvalue weighted by Gasteiger charge is 2.13. The van der Waals surface area contributed by atoms with Gasteiger partial charge in [-0.25, -0.2) is 4.39 Å². The molecule has 2 rings (SSSR count). The zero-order valence-corrected chi connectivity index (χ0v) is 12.9. The molecule has 1 atom stereocenters. The van der Waals surface area contributed by atoms with Crippen molar-refractivity contribution in [1.29, 1.82) is 0 Å². The summed E-state index contributed by atoms with van der Waals surface area (Å²) in [5.41, 5.74) is 0.994. The van der Waals surface area contributed by atoms with E-state index in [0.717, 1.165) is 15.8 Å². The fourth-order valence-electron chi connectivity index (χ4n) is 1.78. The van der Waals surface area contributed by atoms with E-state index in [-0.39, 0.29) is 16.9 Å². The Morgan fingerprint density at radius 2 is 2.17 bits per heavy atom. The number of hydrogen-bond donors (Lipinski definition) is 1. The minimum Gasteiger partial charge on any atom is -0.313 e. The van der Waals surface area contributed by atoms with Crippen LogP contribution in [0.1, 0.15) is 16.5 Å². The third-order valence-corrected chi connectivity index (χ3v) is 4.66. The van der Waals surface area contributed by atoms with Gasteiger partial charge >= 0.3 is 0 Å². The van der Waals surface area contributed by atoms with Gasteiger partial charge in [-0.2, -0.15) is 0 Å². The number of nitrogens with one attached hydrogen (secondary N) is 1. The Kier molecular flexibility index (Phi) is 4.78. The maximum Gasteiger partial charge on any atom is 0.141 e. The van der Waals surface area contributed by atoms with Crippen molar-refractivity contribution in [3.8, 4) is 0 Å². The number of hydrogen-bond acceptors (Lipinski definition) is 2. The second kappa shape index (κ2) is 6.15. The highest BCUT2D eigenvalue weighted by molar-refractivity contribution is 9.11. The fraction of sp³-hybridized carbons (Fsp3) is 0.231. The first-order valence-corrected chi connectivity index (χ1v) is 7.45. The number of rotatable bonds is 4. The van der Waals surface area contributed by atoms with Crippen molar-refractivity contribution < 1.29 is 4.39 Å². The molecule has 0 saturated heterocycles. The quantitative estimate of drug-likeness (QED) is 0.836. The van der Waals surface area contributed by atoms with Gasteiger partial charge in [0.05, 0.1) is 8.81 Å². The van der Waals surface area contributed by atoms with Gasteiger partial charge in [0.2, 0.25) is 0 Å². The summed E-state index contributed by atoms with van der Waals surface area (Å²) in [6, 6.07) is 9.11. The minimum absolute atomic E-state index is 0.133. The van der Waals surface area contributed by atoms with E-state index in [0.29, 0.717) is 0 Å². The van der Waals surface area contributed by atoms with Crippen molar-refractivity contribution in [1.82, 2.24) is 5.32 Å². The van der Waals surface area contributed by atoms with E-state index in [1.807, 2.05) is 13.1 Å². The number of benzene rings is 1. The lowest BCUT2D eigenvalue weighted by molar-refractivity contribution is 0.590. The average Bonchev–Trinajstić information content (AvgIpc) is 2.75. The molecule has 1 nitrogen and oxygen atoms in total. The van der Waals surface area contributed by atoms with E-state index < -0.39 is 0 Å². The molecule has 0 amide bonds. The van der Waals surface area contributed by atoms with Gasteiger partial charge in [0.25, 0.3) is 0 Å². The zero-order chi connectivity index (χ0) is 13.1. The molecule has 0 radical (unpaired) electrons. The Bertz CT molecular complexity index is 544. The highest BCUT2D eigenvalue weighted by atomic mass is 79.9. The average molecular weight is 349 g/mol. The van der Waals surface area contributed by atoms with Crippen LogP contribution in [0.5, 0.6) is 0 Å². The van der Waals surface area contributed by atoms with Crippen LogP contribution in [0.4, 0.5) is 4.39 Å². The van der Waals surface area contributed by atoms with Crippen molar-refractivity contribution in [3.63, 3.8) is 0 Å². The van der Waals surface area contributed by atoms with Crippen LogP contribution in [-0.2, 0) is 6.42 Å². The summed E-state index contributed by atoms with van der Waals surface area (Å²) in [7, 11) is 1.89. The van der Waals surface area contributed by atoms with E-state index in [1.165, 1.54) is 10.9 Å². The molecule has 0 bridgehead atoms. The monoisotopic (exact) mass is 347 g/mol. The highest BCUT2D eigenvalue weighted by Crippen LogP contribution is 2.28. The molecule has 5 heteroatoms. The standard InChI is InChI=1S/C13H12BrClFNS/c1-17-12(7-9-3-5-13(14)18-9)8-2-4-11(16)10(15)6-8/h2-6,12,17H,7H2,1H3. The van der Waals surface area contributed by atoms with Crippen LogP contribution >= 0.6 is 38.9 Å². The molecule has 1 N–H and O–H groups in total. The summed E-state index contributed by atoms with van der Waals surface area (Å²) in [6.45, 7) is 0. The van der Waals surface area contributed by atoms with Gasteiger partial charge in [-0.15, -0.1) is 11.3 Å². The summed E-state index contributed by atoms with van der Waals surface area (Å²) in [4.78, 5) is 1.27. The van der Waals surface area contributed by atoms with E-state index in [4.69, 9.17) is 11.6 Å². The van der Waals surface area contributed by atoms with Crippen molar-refractivity contribution in [2.75, 3.05) is 7.05 Å². The molecule has 0 aliphatic heterocycles. The molecule has 0 saturated carbocycles. The van der Waals surface area contributed by atoms with Gasteiger partial charge in [-0.1, -0.05) is 17.7 Å². The lowest BCUT2D eigenvalue weighted by Crippen LogP contribution is -2.18. The minimum atomic E-state index is -0.380. The molecule has 0 aliphatic rings. The summed E-state index contributed by atoms with van der Waals surface area (Å²) in [5.74, 6) is -0.380. The number of likely N-dealkylation sites (N-methyl/N-ethyl adjacent to an activating group) is 1. The fourth-order valence-corrected chi connectivity index (χ4v) is 3.50. The first kappa shape index (κ1) is 14.0. The molecule has 0 fully saturated rings. The van der Waals surface area contributed by atoms with Crippen LogP contribution < -0.4 is 5.32 Å². The Balaban J connectivity index is 2.19. The van der Waals surface area contributed by atoms with Gasteiger partial charge in [0.15, 0.2) is 0 Å². The van der Waals surface area contributed by atoms with Crippen LogP contribution in [0.25, 0.3) is 0 Å². The second-order valence-electron chi connectivity index (χ2n) is 3.92. The third-order valence-electron chi connectivity index (χ3n) is 2.73. The van der Waals surface area contributed by atoms with Crippen molar-refractivity contribution >= 4 is 38.9 Å². The number of thiophene rings is 1. The van der Waals surface area contributed by atoms with E-state index in [1.54, 1.807) is 23.5 Å². The van der Waals surface area contributed by atoms with Crippen molar-refractivity contribution in [3.05, 3.63) is 55.4 Å². The van der Waals surface area contributed by atoms with Gasteiger partial charge in [-0.3, -0.25) is 0 Å². The Morgan fingerprint density at radius 1 is 1.39 bits per heavy atom. The second-order valence-corrected chi connectivity index (χ2v) is 6.88. The summed E-state index contributed by atoms with van der Waals surface area (Å²) in [6.07, 6.45) is 0.856. The summed E-state index contributed by atoms with van der Waals surface area (Å²) < 4.78 is 14.3. The molecular weight excluding hydrogens is 337 g/mol. The summed E-state index contributed by atoms with van der Waals surface area (Å²) >= 11 is 11.0. The third kappa shape index (κ3) is 3.32. The van der Waals surface area contributed by atoms with Crippen LogP contribution in [0, 0.1) is 5.82 Å². The maximum absolute atomic E-state index is 13.1. The van der Waals surface area contributed by atoms with Crippen molar-refractivity contribution in [2.24, 2.45) is 0 Å². The summed E-state index contributed by atoms with van der Waals surface area (Å²) in [5, 5.41) is 3.40. The molecule has 1 aromatic carbocycles. The smallest absolute Gasteiger partial charge is 0.141 e. The van der Waals surface area contributed by atoms with Crippen LogP contribution in [0.15, 0.2) is 34.1 Å². The molecule has 2 aromatic rings. The normalized spacial score (nSPS) is 12.7. The van der Waals surface area contributed by atoms with Gasteiger partial charge < -0.3 is 5.32 Å². The molecule has 1 unspecified atom stereocenters. The van der Waals surface area contributed by atoms with E-state index >= 15 is 0 Å². The van der Waals surface area contributed by atoms with Gasteiger partial charge in [0.1, 0.15) is 5.82 Å². The SMILES string of the molecule is CNC(Cc1ccc(Br)s1)c1ccc(F)c(Cl)c1. The van der Waals surface area contributed by atoms with Crippen LogP contribution in [0.3, 0.4) is 0 Å². The molecule has 0 aliphatic carbocycles. The Hall–Kier alpha value is -0.420. The molecule has 1 heterocycles. The lowest BCUT2D eigenvalue weighted by atomic mass is 10.0. The molecule has 96 valence electrons. The topological polar surface area (TPSA) is 12.0 Å². The first-order chi connectivity index (χ1) is 8.60. The van der Waals surface area contributed by atoms with Crippen molar-refractivity contribution in [2.45, 2.75) is 12.5 Å². The Morgan fingerprint density at radius 3 is 2.72 bits per heavy atom. The van der Waals surface area contributed by atoms with Crippen LogP contribution in [0.2, 0.25) is 5.02 Å². The first-order valence-electron chi connectivity index (χ1n) is 5.46. The Labute approximate surface area is 123 Å². The predicted molar refractivity (Wildman–Crippen MR) is 78.9 cm³/mol. The van der Waals surface area contributed by atoms with Gasteiger partial charge in [-0.05, 0) is 52.8 Å². The molecular formula is C13H12BrClFNS. The lowest BCUT2D eigenvalue weighted by Gasteiger charge is -2.16. The van der Waals surface area contributed by atoms with Gasteiger partial charge in [0, 0.05) is 17.3 Å². The van der Waals surface area contributed by atoms with Crippen LogP contribution in [-0.4, -0.2) is 7.05 Å². The van der Waals surface area contributed by atoms with E-state index in [2.05, 4.69) is 27.3 Å². The van der Waals surface area contributed by atoms with E-state index in [9.17, 15) is 4.39 Å². The largest absolute Gasteiger partial charge is 0.313 e. The molecule has 18 heavy (non-hydrogen) atoms. The molecule has 1 aromatic heterocycles. The number of halogens is 3. The molecule has 0 spiro atoms. The predicted octanol–water partition coefficient (Wildman–Crippen LogP) is 4.81.